The Morgan fingerprint density at radius 1 is 1.11 bits per heavy atom. The highest BCUT2D eigenvalue weighted by Crippen LogP contribution is 2.29. The van der Waals surface area contributed by atoms with Gasteiger partial charge in [0.1, 0.15) is 42.7 Å². The summed E-state index contributed by atoms with van der Waals surface area (Å²) in [5.41, 5.74) is 0. The Morgan fingerprint density at radius 2 is 1.75 bits per heavy atom. The summed E-state index contributed by atoms with van der Waals surface area (Å²) in [6, 6.07) is -0.912. The lowest BCUT2D eigenvalue weighted by molar-refractivity contribution is -0.361. The van der Waals surface area contributed by atoms with Gasteiger partial charge in [-0.2, -0.15) is 0 Å². The topological polar surface area (TPSA) is 187 Å². The van der Waals surface area contributed by atoms with Crippen molar-refractivity contribution in [2.24, 2.45) is 0 Å². The first-order valence-electron chi connectivity index (χ1n) is 8.74. The smallest absolute Gasteiger partial charge is 0.217 e. The van der Waals surface area contributed by atoms with Crippen LogP contribution >= 0.6 is 0 Å². The van der Waals surface area contributed by atoms with Crippen LogP contribution in [-0.4, -0.2) is 107 Å². The van der Waals surface area contributed by atoms with Crippen molar-refractivity contribution in [1.82, 2.24) is 5.32 Å². The Kier molecular flexibility index (Phi) is 7.70. The van der Waals surface area contributed by atoms with Gasteiger partial charge in [-0.1, -0.05) is 0 Å². The van der Waals surface area contributed by atoms with E-state index in [1.54, 1.807) is 6.92 Å². The lowest BCUT2D eigenvalue weighted by Gasteiger charge is -2.47. The third kappa shape index (κ3) is 4.60. The van der Waals surface area contributed by atoms with E-state index in [9.17, 15) is 35.1 Å². The Balaban J connectivity index is 2.26. The molecule has 12 heteroatoms. The van der Waals surface area contributed by atoms with Gasteiger partial charge in [-0.05, 0) is 6.92 Å². The minimum Gasteiger partial charge on any atom is -0.547 e. The zero-order valence-electron chi connectivity index (χ0n) is 15.6. The van der Waals surface area contributed by atoms with Gasteiger partial charge >= 0.3 is 0 Å². The molecule has 10 atom stereocenters. The van der Waals surface area contributed by atoms with E-state index in [0.29, 0.717) is 0 Å². The van der Waals surface area contributed by atoms with Crippen molar-refractivity contribution in [3.63, 3.8) is 0 Å². The predicted molar refractivity (Wildman–Crippen MR) is 86.4 cm³/mol. The number of rotatable bonds is 6. The van der Waals surface area contributed by atoms with Crippen LogP contribution in [0.4, 0.5) is 0 Å². The number of aliphatic hydroxyl groups excluding tert-OH is 4. The average molecular weight is 408 g/mol. The molecule has 12 nitrogen and oxygen atoms in total. The molecule has 162 valence electrons. The number of carbonyl (C=O) groups excluding carboxylic acids is 2. The molecule has 2 heterocycles. The molecule has 0 aromatic heterocycles. The zero-order chi connectivity index (χ0) is 21.2. The van der Waals surface area contributed by atoms with E-state index in [1.165, 1.54) is 6.92 Å². The number of aliphatic hydroxyl groups is 4. The van der Waals surface area contributed by atoms with Crippen LogP contribution in [0.25, 0.3) is 0 Å². The van der Waals surface area contributed by atoms with Crippen molar-refractivity contribution >= 4 is 11.9 Å². The molecule has 2 rings (SSSR count). The van der Waals surface area contributed by atoms with Crippen LogP contribution in [0.1, 0.15) is 13.8 Å². The lowest BCUT2D eigenvalue weighted by atomic mass is 9.92. The van der Waals surface area contributed by atoms with Gasteiger partial charge in [0.15, 0.2) is 6.29 Å². The first-order valence-corrected chi connectivity index (χ1v) is 8.74. The molecule has 0 aromatic carbocycles. The summed E-state index contributed by atoms with van der Waals surface area (Å²) < 4.78 is 21.1. The fraction of sp³-hybridized carbons (Fsp3) is 0.875. The molecule has 0 radical (unpaired) electrons. The van der Waals surface area contributed by atoms with E-state index in [1.807, 2.05) is 0 Å². The van der Waals surface area contributed by atoms with E-state index in [0.717, 1.165) is 7.11 Å². The molecule has 2 saturated heterocycles. The number of carbonyl (C=O) groups is 2. The van der Waals surface area contributed by atoms with Crippen LogP contribution < -0.4 is 10.4 Å². The molecule has 2 aliphatic rings. The van der Waals surface area contributed by atoms with Crippen LogP contribution in [-0.2, 0) is 28.5 Å². The monoisotopic (exact) mass is 408 g/mol. The molecule has 0 bridgehead atoms. The maximum Gasteiger partial charge on any atom is 0.217 e. The quantitative estimate of drug-likeness (QED) is 0.284. The molecule has 5 N–H and O–H groups in total. The second-order valence-corrected chi connectivity index (χ2v) is 6.81. The van der Waals surface area contributed by atoms with Crippen molar-refractivity contribution in [2.45, 2.75) is 75.0 Å². The molecule has 2 aliphatic heterocycles. The summed E-state index contributed by atoms with van der Waals surface area (Å²) in [5.74, 6) is -2.15. The number of carboxylic acid groups (broad SMARTS) is 1. The molecule has 5 unspecified atom stereocenters. The fourth-order valence-corrected chi connectivity index (χ4v) is 3.44. The Morgan fingerprint density at radius 3 is 2.25 bits per heavy atom. The number of methoxy groups -OCH3 is 1. The summed E-state index contributed by atoms with van der Waals surface area (Å²) in [7, 11) is 1.13. The fourth-order valence-electron chi connectivity index (χ4n) is 3.44. The van der Waals surface area contributed by atoms with Crippen molar-refractivity contribution in [1.29, 1.82) is 0 Å². The zero-order valence-corrected chi connectivity index (χ0v) is 15.6. The molecule has 0 aromatic rings. The number of nitrogens with one attached hydrogen (secondary N) is 1. The largest absolute Gasteiger partial charge is 0.547 e. The van der Waals surface area contributed by atoms with Gasteiger partial charge in [-0.15, -0.1) is 0 Å². The first kappa shape index (κ1) is 22.9. The SMILES string of the molecule is CO[C@@H]1C(C(=O)[O-])O[C@@H](O[C@@H]2C(NC(C)=O)C(C)OC(CO)[C@H]2O)C(O)[C@H]1O. The molecule has 1 amide bonds. The minimum atomic E-state index is -1.75. The number of amides is 1. The highest BCUT2D eigenvalue weighted by Gasteiger charge is 2.51. The second-order valence-electron chi connectivity index (χ2n) is 6.81. The molecular weight excluding hydrogens is 382 g/mol. The van der Waals surface area contributed by atoms with Crippen LogP contribution in [0.5, 0.6) is 0 Å². The van der Waals surface area contributed by atoms with Gasteiger partial charge in [0.25, 0.3) is 0 Å². The molecule has 0 saturated carbocycles. The molecule has 0 aliphatic carbocycles. The minimum absolute atomic E-state index is 0.457. The Bertz CT molecular complexity index is 561. The first-order chi connectivity index (χ1) is 13.1. The van der Waals surface area contributed by atoms with E-state index in [2.05, 4.69) is 5.32 Å². The summed E-state index contributed by atoms with van der Waals surface area (Å²) in [4.78, 5) is 22.8. The Labute approximate surface area is 160 Å². The van der Waals surface area contributed by atoms with Crippen molar-refractivity contribution in [2.75, 3.05) is 13.7 Å². The van der Waals surface area contributed by atoms with E-state index in [4.69, 9.17) is 18.9 Å². The standard InChI is InChI=1S/C16H27NO11/c1-5-8(17-6(2)19)12(9(20)7(4-18)26-5)27-16-11(22)10(21)13(25-3)14(28-16)15(23)24/h5,7-14,16,18,20-22H,4H2,1-3H3,(H,17,19)(H,23,24)/p-1/t5?,7?,8?,9-,10-,11?,12-,13+,14?,16-/m1/s1. The third-order valence-corrected chi connectivity index (χ3v) is 4.86. The van der Waals surface area contributed by atoms with E-state index in [-0.39, 0.29) is 0 Å². The van der Waals surface area contributed by atoms with Crippen LogP contribution in [0, 0.1) is 0 Å². The van der Waals surface area contributed by atoms with Gasteiger partial charge in [0.05, 0.1) is 24.7 Å². The number of aliphatic carboxylic acids is 1. The summed E-state index contributed by atoms with van der Waals surface area (Å²) >= 11 is 0. The van der Waals surface area contributed by atoms with Gasteiger partial charge in [0, 0.05) is 14.0 Å². The average Bonchev–Trinajstić information content (AvgIpc) is 2.63. The molecule has 28 heavy (non-hydrogen) atoms. The number of hydrogen-bond acceptors (Lipinski definition) is 11. The van der Waals surface area contributed by atoms with Crippen LogP contribution in [0.15, 0.2) is 0 Å². The maximum absolute atomic E-state index is 11.5. The highest BCUT2D eigenvalue weighted by atomic mass is 16.7. The van der Waals surface area contributed by atoms with Gasteiger partial charge in [-0.25, -0.2) is 0 Å². The van der Waals surface area contributed by atoms with E-state index < -0.39 is 79.6 Å². The van der Waals surface area contributed by atoms with Gasteiger partial charge < -0.3 is 54.6 Å². The lowest BCUT2D eigenvalue weighted by Crippen LogP contribution is -2.68. The van der Waals surface area contributed by atoms with Crippen molar-refractivity contribution < 1.29 is 54.1 Å². The summed E-state index contributed by atoms with van der Waals surface area (Å²) in [5, 5.41) is 54.2. The van der Waals surface area contributed by atoms with Crippen molar-refractivity contribution in [3.05, 3.63) is 0 Å². The number of hydrogen-bond donors (Lipinski definition) is 5. The van der Waals surface area contributed by atoms with Crippen LogP contribution in [0.3, 0.4) is 0 Å². The van der Waals surface area contributed by atoms with Crippen LogP contribution in [0.2, 0.25) is 0 Å². The summed E-state index contributed by atoms with van der Waals surface area (Å²) in [6.45, 7) is 2.25. The number of ether oxygens (including phenoxy) is 4. The normalized spacial score (nSPS) is 44.1. The van der Waals surface area contributed by atoms with Gasteiger partial charge in [0.2, 0.25) is 5.91 Å². The maximum atomic E-state index is 11.5. The summed E-state index contributed by atoms with van der Waals surface area (Å²) in [6.07, 6.45) is -12.7. The second kappa shape index (κ2) is 9.41. The highest BCUT2D eigenvalue weighted by molar-refractivity contribution is 5.73. The predicted octanol–water partition coefficient (Wildman–Crippen LogP) is -4.77. The third-order valence-electron chi connectivity index (χ3n) is 4.86. The van der Waals surface area contributed by atoms with Crippen molar-refractivity contribution in [3.8, 4) is 0 Å². The molecular formula is C16H26NO11-. The molecule has 0 spiro atoms. The van der Waals surface area contributed by atoms with Gasteiger partial charge in [-0.3, -0.25) is 4.79 Å². The Hall–Kier alpha value is -1.38. The molecule has 2 fully saturated rings. The number of carboxylic acids is 1. The van der Waals surface area contributed by atoms with E-state index >= 15 is 0 Å².